The third-order valence-electron chi connectivity index (χ3n) is 2.62. The molecule has 1 aromatic rings. The van der Waals surface area contributed by atoms with E-state index >= 15 is 0 Å². The fourth-order valence-corrected chi connectivity index (χ4v) is 1.69. The van der Waals surface area contributed by atoms with E-state index < -0.39 is 0 Å². The predicted molar refractivity (Wildman–Crippen MR) is 67.6 cm³/mol. The number of hydrogen-bond acceptors (Lipinski definition) is 3. The molecule has 90 valence electrons. The zero-order chi connectivity index (χ0) is 12.0. The van der Waals surface area contributed by atoms with Gasteiger partial charge in [-0.15, -0.1) is 0 Å². The Hall–Kier alpha value is -1.06. The van der Waals surface area contributed by atoms with E-state index in [1.807, 2.05) is 12.1 Å². The number of nitrogens with two attached hydrogens (primary N) is 2. The summed E-state index contributed by atoms with van der Waals surface area (Å²) in [5, 5.41) is 0. The Bertz CT molecular complexity index is 326. The maximum absolute atomic E-state index is 5.96. The molecule has 4 N–H and O–H groups in total. The molecule has 1 atom stereocenters. The molecule has 0 radical (unpaired) electrons. The quantitative estimate of drug-likeness (QED) is 0.774. The first-order valence-electron chi connectivity index (χ1n) is 5.94. The van der Waals surface area contributed by atoms with Crippen molar-refractivity contribution in [3.63, 3.8) is 0 Å². The van der Waals surface area contributed by atoms with Crippen LogP contribution in [0.15, 0.2) is 18.2 Å². The zero-order valence-electron chi connectivity index (χ0n) is 10.2. The summed E-state index contributed by atoms with van der Waals surface area (Å²) in [6.45, 7) is 5.44. The Morgan fingerprint density at radius 1 is 1.31 bits per heavy atom. The third-order valence-corrected chi connectivity index (χ3v) is 2.62. The van der Waals surface area contributed by atoms with Gasteiger partial charge in [0.15, 0.2) is 0 Å². The molecule has 0 aliphatic carbocycles. The molecule has 0 saturated heterocycles. The normalized spacial score (nSPS) is 12.5. The van der Waals surface area contributed by atoms with Crippen LogP contribution >= 0.6 is 0 Å². The van der Waals surface area contributed by atoms with Gasteiger partial charge in [-0.2, -0.15) is 0 Å². The highest BCUT2D eigenvalue weighted by atomic mass is 16.5. The molecule has 0 aliphatic rings. The van der Waals surface area contributed by atoms with Crippen LogP contribution in [0.3, 0.4) is 0 Å². The molecule has 1 rings (SSSR count). The monoisotopic (exact) mass is 222 g/mol. The Labute approximate surface area is 97.8 Å². The summed E-state index contributed by atoms with van der Waals surface area (Å²) in [5.74, 6) is 0.923. The molecular formula is C13H22N2O. The van der Waals surface area contributed by atoms with Gasteiger partial charge in [0.1, 0.15) is 5.75 Å². The Morgan fingerprint density at radius 2 is 2.06 bits per heavy atom. The summed E-state index contributed by atoms with van der Waals surface area (Å²) >= 11 is 0. The maximum atomic E-state index is 5.96. The minimum absolute atomic E-state index is 0.0739. The SMILES string of the molecule is CCCOc1ccc(C(N)CN)c(CC)c1. The molecule has 1 aromatic carbocycles. The van der Waals surface area contributed by atoms with Crippen LogP contribution in [0.2, 0.25) is 0 Å². The van der Waals surface area contributed by atoms with Gasteiger partial charge in [-0.25, -0.2) is 0 Å². The van der Waals surface area contributed by atoms with Crippen molar-refractivity contribution in [1.82, 2.24) is 0 Å². The van der Waals surface area contributed by atoms with Crippen molar-refractivity contribution >= 4 is 0 Å². The van der Waals surface area contributed by atoms with Crippen LogP contribution in [0.1, 0.15) is 37.4 Å². The first-order valence-corrected chi connectivity index (χ1v) is 5.94. The lowest BCUT2D eigenvalue weighted by atomic mass is 9.99. The van der Waals surface area contributed by atoms with Gasteiger partial charge in [-0.05, 0) is 36.1 Å². The molecule has 16 heavy (non-hydrogen) atoms. The largest absolute Gasteiger partial charge is 0.494 e. The van der Waals surface area contributed by atoms with Crippen LogP contribution in [-0.2, 0) is 6.42 Å². The number of ether oxygens (including phenoxy) is 1. The van der Waals surface area contributed by atoms with Gasteiger partial charge in [-0.1, -0.05) is 19.9 Å². The lowest BCUT2D eigenvalue weighted by molar-refractivity contribution is 0.317. The van der Waals surface area contributed by atoms with E-state index in [4.69, 9.17) is 16.2 Å². The van der Waals surface area contributed by atoms with Gasteiger partial charge in [0.2, 0.25) is 0 Å². The fraction of sp³-hybridized carbons (Fsp3) is 0.538. The molecular weight excluding hydrogens is 200 g/mol. The van der Waals surface area contributed by atoms with E-state index in [0.29, 0.717) is 6.54 Å². The summed E-state index contributed by atoms with van der Waals surface area (Å²) in [6.07, 6.45) is 1.97. The topological polar surface area (TPSA) is 61.3 Å². The summed E-state index contributed by atoms with van der Waals surface area (Å²) in [7, 11) is 0. The highest BCUT2D eigenvalue weighted by Gasteiger charge is 2.09. The lowest BCUT2D eigenvalue weighted by Crippen LogP contribution is -2.22. The Kier molecular flexibility index (Phi) is 5.29. The Morgan fingerprint density at radius 3 is 2.62 bits per heavy atom. The summed E-state index contributed by atoms with van der Waals surface area (Å²) in [4.78, 5) is 0. The molecule has 0 amide bonds. The summed E-state index contributed by atoms with van der Waals surface area (Å²) in [5.41, 5.74) is 13.9. The Balaban J connectivity index is 2.88. The standard InChI is InChI=1S/C13H22N2O/c1-3-7-16-11-5-6-12(13(15)9-14)10(4-2)8-11/h5-6,8,13H,3-4,7,9,14-15H2,1-2H3. The number of aryl methyl sites for hydroxylation is 1. The average Bonchev–Trinajstić information content (AvgIpc) is 2.34. The smallest absolute Gasteiger partial charge is 0.119 e. The van der Waals surface area contributed by atoms with Crippen LogP contribution in [0, 0.1) is 0 Å². The molecule has 0 aromatic heterocycles. The fourth-order valence-electron chi connectivity index (χ4n) is 1.69. The van der Waals surface area contributed by atoms with Crippen molar-refractivity contribution in [2.45, 2.75) is 32.7 Å². The molecule has 0 bridgehead atoms. The molecule has 3 heteroatoms. The number of benzene rings is 1. The molecule has 1 unspecified atom stereocenters. The first kappa shape index (κ1) is 13.0. The van der Waals surface area contributed by atoms with Crippen molar-refractivity contribution in [3.8, 4) is 5.75 Å². The second kappa shape index (κ2) is 6.51. The van der Waals surface area contributed by atoms with Crippen molar-refractivity contribution in [1.29, 1.82) is 0 Å². The molecule has 0 aliphatic heterocycles. The first-order chi connectivity index (χ1) is 7.72. The van der Waals surface area contributed by atoms with Crippen LogP contribution in [0.5, 0.6) is 5.75 Å². The molecule has 0 saturated carbocycles. The van der Waals surface area contributed by atoms with E-state index in [2.05, 4.69) is 19.9 Å². The third kappa shape index (κ3) is 3.22. The maximum Gasteiger partial charge on any atom is 0.119 e. The van der Waals surface area contributed by atoms with Gasteiger partial charge in [-0.3, -0.25) is 0 Å². The average molecular weight is 222 g/mol. The van der Waals surface area contributed by atoms with E-state index in [1.165, 1.54) is 5.56 Å². The second-order valence-corrected chi connectivity index (χ2v) is 3.90. The van der Waals surface area contributed by atoms with Gasteiger partial charge in [0.05, 0.1) is 6.61 Å². The molecule has 0 heterocycles. The summed E-state index contributed by atoms with van der Waals surface area (Å²) < 4.78 is 5.59. The molecule has 0 spiro atoms. The van der Waals surface area contributed by atoms with Crippen molar-refractivity contribution in [2.75, 3.05) is 13.2 Å². The van der Waals surface area contributed by atoms with E-state index in [9.17, 15) is 0 Å². The molecule has 0 fully saturated rings. The highest BCUT2D eigenvalue weighted by molar-refractivity contribution is 5.37. The van der Waals surface area contributed by atoms with Crippen LogP contribution < -0.4 is 16.2 Å². The van der Waals surface area contributed by atoms with Crippen molar-refractivity contribution < 1.29 is 4.74 Å². The predicted octanol–water partition coefficient (Wildman–Crippen LogP) is 2.00. The van der Waals surface area contributed by atoms with Gasteiger partial charge >= 0.3 is 0 Å². The van der Waals surface area contributed by atoms with Crippen molar-refractivity contribution in [3.05, 3.63) is 29.3 Å². The van der Waals surface area contributed by atoms with Gasteiger partial charge < -0.3 is 16.2 Å². The lowest BCUT2D eigenvalue weighted by Gasteiger charge is -2.15. The minimum Gasteiger partial charge on any atom is -0.494 e. The van der Waals surface area contributed by atoms with Crippen molar-refractivity contribution in [2.24, 2.45) is 11.5 Å². The minimum atomic E-state index is -0.0739. The second-order valence-electron chi connectivity index (χ2n) is 3.90. The summed E-state index contributed by atoms with van der Waals surface area (Å²) in [6, 6.07) is 6.00. The molecule has 3 nitrogen and oxygen atoms in total. The van der Waals surface area contributed by atoms with E-state index in [1.54, 1.807) is 0 Å². The zero-order valence-corrected chi connectivity index (χ0v) is 10.2. The highest BCUT2D eigenvalue weighted by Crippen LogP contribution is 2.22. The van der Waals surface area contributed by atoms with Crippen LogP contribution in [-0.4, -0.2) is 13.2 Å². The number of rotatable bonds is 6. The number of hydrogen-bond donors (Lipinski definition) is 2. The van der Waals surface area contributed by atoms with E-state index in [-0.39, 0.29) is 6.04 Å². The van der Waals surface area contributed by atoms with Crippen LogP contribution in [0.4, 0.5) is 0 Å². The van der Waals surface area contributed by atoms with Gasteiger partial charge in [0.25, 0.3) is 0 Å². The van der Waals surface area contributed by atoms with Crippen LogP contribution in [0.25, 0.3) is 0 Å². The van der Waals surface area contributed by atoms with Gasteiger partial charge in [0, 0.05) is 12.6 Å². The van der Waals surface area contributed by atoms with E-state index in [0.717, 1.165) is 30.8 Å².